The number of halogens is 1. The number of alkyl halides is 1. The van der Waals surface area contributed by atoms with Crippen molar-refractivity contribution in [2.75, 3.05) is 17.3 Å². The number of rotatable bonds is 6. The second-order valence-electron chi connectivity index (χ2n) is 4.61. The first-order valence-corrected chi connectivity index (χ1v) is 6.39. The van der Waals surface area contributed by atoms with Crippen molar-refractivity contribution in [2.45, 2.75) is 39.2 Å². The van der Waals surface area contributed by atoms with Gasteiger partial charge in [-0.15, -0.1) is 16.7 Å². The topological polar surface area (TPSA) is 42.2 Å². The van der Waals surface area contributed by atoms with Crippen molar-refractivity contribution in [3.8, 4) is 0 Å². The molecule has 4 nitrogen and oxygen atoms in total. The molecule has 0 radical (unpaired) electrons. The minimum absolute atomic E-state index is 0.393. The van der Waals surface area contributed by atoms with E-state index in [0.29, 0.717) is 30.2 Å². The first-order valence-electron chi connectivity index (χ1n) is 5.85. The molecular weight excluding hydrogens is 226 g/mol. The summed E-state index contributed by atoms with van der Waals surface area (Å²) in [6.07, 6.45) is 3.29. The summed E-state index contributed by atoms with van der Waals surface area (Å²) < 4.78 is 5.60. The van der Waals surface area contributed by atoms with Crippen LogP contribution in [0.2, 0.25) is 0 Å². The van der Waals surface area contributed by atoms with Crippen LogP contribution in [0.15, 0.2) is 4.42 Å². The van der Waals surface area contributed by atoms with Crippen molar-refractivity contribution in [3.05, 3.63) is 5.89 Å². The minimum Gasteiger partial charge on any atom is -0.408 e. The molecule has 5 heteroatoms. The Labute approximate surface area is 101 Å². The summed E-state index contributed by atoms with van der Waals surface area (Å²) in [4.78, 5) is 2.18. The Bertz CT molecular complexity index is 336. The van der Waals surface area contributed by atoms with E-state index in [9.17, 15) is 0 Å². The molecule has 0 aromatic carbocycles. The van der Waals surface area contributed by atoms with Crippen LogP contribution in [0.5, 0.6) is 0 Å². The van der Waals surface area contributed by atoms with Gasteiger partial charge in [-0.3, -0.25) is 0 Å². The van der Waals surface area contributed by atoms with Gasteiger partial charge in [0.1, 0.15) is 0 Å². The smallest absolute Gasteiger partial charge is 0.318 e. The van der Waals surface area contributed by atoms with Gasteiger partial charge in [-0.25, -0.2) is 0 Å². The fourth-order valence-corrected chi connectivity index (χ4v) is 1.79. The number of hydrogen-bond acceptors (Lipinski definition) is 4. The number of anilines is 1. The fraction of sp³-hybridized carbons (Fsp3) is 0.818. The number of nitrogens with zero attached hydrogens (tertiary/aromatic N) is 3. The van der Waals surface area contributed by atoms with Crippen LogP contribution in [0.4, 0.5) is 6.01 Å². The molecular formula is C11H18ClN3O. The van der Waals surface area contributed by atoms with Crippen LogP contribution >= 0.6 is 11.6 Å². The van der Waals surface area contributed by atoms with E-state index in [0.717, 1.165) is 12.5 Å². The molecule has 0 aliphatic heterocycles. The Kier molecular flexibility index (Phi) is 3.69. The standard InChI is InChI=1S/C11H18ClN3O/c1-8(2)15(7-9-3-4-9)11-14-13-10(16-11)5-6-12/h8-9H,3-7H2,1-2H3. The van der Waals surface area contributed by atoms with Gasteiger partial charge in [-0.2, -0.15) is 0 Å². The molecule has 0 saturated heterocycles. The zero-order valence-electron chi connectivity index (χ0n) is 9.82. The molecule has 2 rings (SSSR count). The predicted octanol–water partition coefficient (Wildman–Crippen LogP) is 2.48. The summed E-state index contributed by atoms with van der Waals surface area (Å²) in [5, 5.41) is 8.08. The van der Waals surface area contributed by atoms with Gasteiger partial charge in [-0.1, -0.05) is 5.10 Å². The quantitative estimate of drug-likeness (QED) is 0.720. The monoisotopic (exact) mass is 243 g/mol. The Balaban J connectivity index is 2.04. The minimum atomic E-state index is 0.393. The summed E-state index contributed by atoms with van der Waals surface area (Å²) in [5.74, 6) is 1.96. The van der Waals surface area contributed by atoms with Gasteiger partial charge in [0.2, 0.25) is 5.89 Å². The molecule has 0 amide bonds. The maximum atomic E-state index is 5.64. The lowest BCUT2D eigenvalue weighted by Crippen LogP contribution is -2.33. The van der Waals surface area contributed by atoms with Crippen LogP contribution in [0.1, 0.15) is 32.6 Å². The largest absolute Gasteiger partial charge is 0.408 e. The van der Waals surface area contributed by atoms with E-state index in [1.54, 1.807) is 0 Å². The molecule has 1 aliphatic rings. The summed E-state index contributed by atoms with van der Waals surface area (Å²) in [6, 6.07) is 1.03. The van der Waals surface area contributed by atoms with Crippen LogP contribution in [-0.2, 0) is 6.42 Å². The molecule has 1 aliphatic carbocycles. The van der Waals surface area contributed by atoms with Crippen LogP contribution in [0.25, 0.3) is 0 Å². The van der Waals surface area contributed by atoms with Gasteiger partial charge in [-0.05, 0) is 32.6 Å². The molecule has 0 spiro atoms. The van der Waals surface area contributed by atoms with Gasteiger partial charge in [0, 0.05) is 24.9 Å². The molecule has 0 unspecified atom stereocenters. The molecule has 1 fully saturated rings. The Hall–Kier alpha value is -0.770. The second-order valence-corrected chi connectivity index (χ2v) is 4.98. The van der Waals surface area contributed by atoms with E-state index in [1.807, 2.05) is 0 Å². The summed E-state index contributed by atoms with van der Waals surface area (Å²) in [5.41, 5.74) is 0. The van der Waals surface area contributed by atoms with Crippen LogP contribution in [0.3, 0.4) is 0 Å². The van der Waals surface area contributed by atoms with E-state index < -0.39 is 0 Å². The molecule has 1 heterocycles. The van der Waals surface area contributed by atoms with Crippen LogP contribution in [-0.4, -0.2) is 28.7 Å². The van der Waals surface area contributed by atoms with Crippen molar-refractivity contribution in [1.29, 1.82) is 0 Å². The van der Waals surface area contributed by atoms with Crippen molar-refractivity contribution in [1.82, 2.24) is 10.2 Å². The summed E-state index contributed by atoms with van der Waals surface area (Å²) >= 11 is 5.64. The maximum absolute atomic E-state index is 5.64. The zero-order valence-corrected chi connectivity index (χ0v) is 10.6. The lowest BCUT2D eigenvalue weighted by molar-refractivity contribution is 0.470. The van der Waals surface area contributed by atoms with E-state index in [-0.39, 0.29) is 0 Å². The van der Waals surface area contributed by atoms with Crippen LogP contribution in [0, 0.1) is 5.92 Å². The number of aryl methyl sites for hydroxylation is 1. The SMILES string of the molecule is CC(C)N(CC1CC1)c1nnc(CCCl)o1. The first kappa shape index (κ1) is 11.7. The Morgan fingerprint density at radius 3 is 2.75 bits per heavy atom. The zero-order chi connectivity index (χ0) is 11.5. The van der Waals surface area contributed by atoms with E-state index in [2.05, 4.69) is 28.9 Å². The molecule has 0 N–H and O–H groups in total. The van der Waals surface area contributed by atoms with Crippen molar-refractivity contribution in [3.63, 3.8) is 0 Å². The lowest BCUT2D eigenvalue weighted by Gasteiger charge is -2.24. The van der Waals surface area contributed by atoms with Gasteiger partial charge < -0.3 is 9.32 Å². The summed E-state index contributed by atoms with van der Waals surface area (Å²) in [7, 11) is 0. The lowest BCUT2D eigenvalue weighted by atomic mass is 10.3. The van der Waals surface area contributed by atoms with E-state index >= 15 is 0 Å². The summed E-state index contributed by atoms with van der Waals surface area (Å²) in [6.45, 7) is 5.32. The second kappa shape index (κ2) is 5.04. The molecule has 1 aromatic rings. The fourth-order valence-electron chi connectivity index (χ4n) is 1.63. The molecule has 90 valence electrons. The third kappa shape index (κ3) is 2.88. The highest BCUT2D eigenvalue weighted by Gasteiger charge is 2.28. The third-order valence-corrected chi connectivity index (χ3v) is 2.97. The average molecular weight is 244 g/mol. The highest BCUT2D eigenvalue weighted by molar-refractivity contribution is 6.17. The van der Waals surface area contributed by atoms with Crippen molar-refractivity contribution < 1.29 is 4.42 Å². The molecule has 0 bridgehead atoms. The molecule has 0 atom stereocenters. The van der Waals surface area contributed by atoms with Crippen molar-refractivity contribution in [2.24, 2.45) is 5.92 Å². The maximum Gasteiger partial charge on any atom is 0.318 e. The van der Waals surface area contributed by atoms with Gasteiger partial charge >= 0.3 is 6.01 Å². The molecule has 1 aromatic heterocycles. The van der Waals surface area contributed by atoms with Crippen LogP contribution < -0.4 is 4.90 Å². The Morgan fingerprint density at radius 1 is 1.44 bits per heavy atom. The van der Waals surface area contributed by atoms with Gasteiger partial charge in [0.15, 0.2) is 0 Å². The van der Waals surface area contributed by atoms with E-state index in [4.69, 9.17) is 16.0 Å². The number of hydrogen-bond donors (Lipinski definition) is 0. The van der Waals surface area contributed by atoms with E-state index in [1.165, 1.54) is 12.8 Å². The highest BCUT2D eigenvalue weighted by Crippen LogP contribution is 2.31. The predicted molar refractivity (Wildman–Crippen MR) is 63.9 cm³/mol. The molecule has 1 saturated carbocycles. The average Bonchev–Trinajstić information content (AvgIpc) is 2.95. The normalized spacial score (nSPS) is 15.8. The van der Waals surface area contributed by atoms with Crippen molar-refractivity contribution >= 4 is 17.6 Å². The molecule has 16 heavy (non-hydrogen) atoms. The first-order chi connectivity index (χ1) is 7.70. The Morgan fingerprint density at radius 2 is 2.19 bits per heavy atom. The third-order valence-electron chi connectivity index (χ3n) is 2.79. The van der Waals surface area contributed by atoms with Gasteiger partial charge in [0.25, 0.3) is 0 Å². The number of aromatic nitrogens is 2. The highest BCUT2D eigenvalue weighted by atomic mass is 35.5. The van der Waals surface area contributed by atoms with Gasteiger partial charge in [0.05, 0.1) is 0 Å².